The fourth-order valence-electron chi connectivity index (χ4n) is 1.74. The van der Waals surface area contributed by atoms with Crippen LogP contribution in [0.15, 0.2) is 30.5 Å². The number of anilines is 2. The molecule has 2 rings (SSSR count). The molecular formula is C14H14FN3O3. The Morgan fingerprint density at radius 3 is 2.48 bits per heavy atom. The second kappa shape index (κ2) is 6.08. The molecule has 0 atom stereocenters. The average molecular weight is 291 g/mol. The molecule has 0 saturated carbocycles. The Morgan fingerprint density at radius 1 is 1.24 bits per heavy atom. The van der Waals surface area contributed by atoms with Crippen LogP contribution in [0.25, 0.3) is 0 Å². The lowest BCUT2D eigenvalue weighted by Gasteiger charge is -2.12. The van der Waals surface area contributed by atoms with E-state index >= 15 is 0 Å². The van der Waals surface area contributed by atoms with E-state index in [1.165, 1.54) is 38.6 Å². The standard InChI is InChI=1S/C14H14FN3O3/c1-20-11-5-9(10(16)6-12(11)21-2)14(19)18-8-3-4-13(15)17-7-8/h3-7H,16H2,1-2H3,(H,18,19). The number of pyridine rings is 1. The van der Waals surface area contributed by atoms with E-state index in [9.17, 15) is 9.18 Å². The molecular weight excluding hydrogens is 277 g/mol. The Bertz CT molecular complexity index is 659. The van der Waals surface area contributed by atoms with Crippen LogP contribution in [0.2, 0.25) is 0 Å². The minimum atomic E-state index is -0.626. The van der Waals surface area contributed by atoms with Crippen LogP contribution in [0.5, 0.6) is 11.5 Å². The van der Waals surface area contributed by atoms with Crippen LogP contribution >= 0.6 is 0 Å². The summed E-state index contributed by atoms with van der Waals surface area (Å²) in [6.07, 6.45) is 1.21. The highest BCUT2D eigenvalue weighted by atomic mass is 19.1. The average Bonchev–Trinajstić information content (AvgIpc) is 2.49. The van der Waals surface area contributed by atoms with Crippen molar-refractivity contribution in [1.29, 1.82) is 0 Å². The van der Waals surface area contributed by atoms with E-state index < -0.39 is 11.9 Å². The highest BCUT2D eigenvalue weighted by molar-refractivity contribution is 6.08. The number of amides is 1. The van der Waals surface area contributed by atoms with E-state index in [-0.39, 0.29) is 11.3 Å². The SMILES string of the molecule is COc1cc(N)c(C(=O)Nc2ccc(F)nc2)cc1OC. The summed E-state index contributed by atoms with van der Waals surface area (Å²) in [5.41, 5.74) is 6.64. The topological polar surface area (TPSA) is 86.5 Å². The van der Waals surface area contributed by atoms with Gasteiger partial charge < -0.3 is 20.5 Å². The molecule has 1 aromatic carbocycles. The van der Waals surface area contributed by atoms with E-state index in [1.54, 1.807) is 0 Å². The van der Waals surface area contributed by atoms with E-state index in [0.717, 1.165) is 6.07 Å². The number of carbonyl (C=O) groups is 1. The van der Waals surface area contributed by atoms with Crippen molar-refractivity contribution in [1.82, 2.24) is 4.98 Å². The van der Waals surface area contributed by atoms with Crippen LogP contribution in [0.3, 0.4) is 0 Å². The van der Waals surface area contributed by atoms with Gasteiger partial charge in [-0.15, -0.1) is 0 Å². The number of methoxy groups -OCH3 is 2. The Hall–Kier alpha value is -2.83. The van der Waals surface area contributed by atoms with Gasteiger partial charge >= 0.3 is 0 Å². The number of carbonyl (C=O) groups excluding carboxylic acids is 1. The number of nitrogens with zero attached hydrogens (tertiary/aromatic N) is 1. The fourth-order valence-corrected chi connectivity index (χ4v) is 1.74. The Kier molecular flexibility index (Phi) is 4.22. The molecule has 3 N–H and O–H groups in total. The van der Waals surface area contributed by atoms with Gasteiger partial charge in [0.05, 0.1) is 31.7 Å². The third kappa shape index (κ3) is 3.19. The number of halogens is 1. The van der Waals surface area contributed by atoms with Crippen LogP contribution in [-0.2, 0) is 0 Å². The zero-order valence-electron chi connectivity index (χ0n) is 11.5. The largest absolute Gasteiger partial charge is 0.493 e. The van der Waals surface area contributed by atoms with E-state index in [1.807, 2.05) is 0 Å². The Morgan fingerprint density at radius 2 is 1.90 bits per heavy atom. The third-order valence-electron chi connectivity index (χ3n) is 2.79. The lowest BCUT2D eigenvalue weighted by Crippen LogP contribution is -2.14. The third-order valence-corrected chi connectivity index (χ3v) is 2.79. The molecule has 1 aromatic heterocycles. The van der Waals surface area contributed by atoms with Crippen molar-refractivity contribution in [3.05, 3.63) is 42.0 Å². The number of hydrogen-bond donors (Lipinski definition) is 2. The smallest absolute Gasteiger partial charge is 0.257 e. The van der Waals surface area contributed by atoms with Crippen molar-refractivity contribution >= 4 is 17.3 Å². The molecule has 110 valence electrons. The van der Waals surface area contributed by atoms with Crippen LogP contribution in [0, 0.1) is 5.95 Å². The van der Waals surface area contributed by atoms with E-state index in [2.05, 4.69) is 10.3 Å². The van der Waals surface area contributed by atoms with Crippen molar-refractivity contribution in [2.45, 2.75) is 0 Å². The molecule has 21 heavy (non-hydrogen) atoms. The molecule has 1 heterocycles. The number of ether oxygens (including phenoxy) is 2. The Balaban J connectivity index is 2.28. The minimum Gasteiger partial charge on any atom is -0.493 e. The monoisotopic (exact) mass is 291 g/mol. The lowest BCUT2D eigenvalue weighted by molar-refractivity contribution is 0.102. The van der Waals surface area contributed by atoms with Gasteiger partial charge in [-0.05, 0) is 18.2 Å². The maximum atomic E-state index is 12.7. The second-order valence-electron chi connectivity index (χ2n) is 4.12. The molecule has 6 nitrogen and oxygen atoms in total. The lowest BCUT2D eigenvalue weighted by atomic mass is 10.1. The van der Waals surface area contributed by atoms with Crippen LogP contribution in [0.4, 0.5) is 15.8 Å². The maximum Gasteiger partial charge on any atom is 0.257 e. The van der Waals surface area contributed by atoms with Gasteiger partial charge in [-0.3, -0.25) is 4.79 Å². The number of rotatable bonds is 4. The molecule has 0 unspecified atom stereocenters. The molecule has 0 bridgehead atoms. The van der Waals surface area contributed by atoms with Gasteiger partial charge in [0.2, 0.25) is 5.95 Å². The van der Waals surface area contributed by atoms with Crippen molar-refractivity contribution in [2.75, 3.05) is 25.3 Å². The summed E-state index contributed by atoms with van der Waals surface area (Å²) in [6.45, 7) is 0. The predicted octanol–water partition coefficient (Wildman–Crippen LogP) is 2.07. The molecule has 0 saturated heterocycles. The molecule has 1 amide bonds. The van der Waals surface area contributed by atoms with Crippen molar-refractivity contribution < 1.29 is 18.7 Å². The normalized spacial score (nSPS) is 10.0. The molecule has 0 aliphatic heterocycles. The van der Waals surface area contributed by atoms with Crippen LogP contribution in [-0.4, -0.2) is 25.1 Å². The van der Waals surface area contributed by atoms with Crippen LogP contribution in [0.1, 0.15) is 10.4 Å². The fraction of sp³-hybridized carbons (Fsp3) is 0.143. The molecule has 2 aromatic rings. The summed E-state index contributed by atoms with van der Waals surface area (Å²) >= 11 is 0. The van der Waals surface area contributed by atoms with E-state index in [0.29, 0.717) is 17.2 Å². The Labute approximate surface area is 120 Å². The molecule has 0 radical (unpaired) electrons. The minimum absolute atomic E-state index is 0.219. The molecule has 7 heteroatoms. The first-order valence-electron chi connectivity index (χ1n) is 5.99. The van der Waals surface area contributed by atoms with Crippen molar-refractivity contribution in [3.63, 3.8) is 0 Å². The zero-order chi connectivity index (χ0) is 15.4. The van der Waals surface area contributed by atoms with Crippen molar-refractivity contribution in [2.24, 2.45) is 0 Å². The first-order chi connectivity index (χ1) is 10.0. The number of nitrogens with two attached hydrogens (primary N) is 1. The first kappa shape index (κ1) is 14.6. The van der Waals surface area contributed by atoms with Gasteiger partial charge in [-0.25, -0.2) is 4.98 Å². The molecule has 0 spiro atoms. The number of hydrogen-bond acceptors (Lipinski definition) is 5. The van der Waals surface area contributed by atoms with Gasteiger partial charge in [0.25, 0.3) is 5.91 Å². The number of benzene rings is 1. The summed E-state index contributed by atoms with van der Waals surface area (Å²) in [6, 6.07) is 5.52. The van der Waals surface area contributed by atoms with E-state index in [4.69, 9.17) is 15.2 Å². The first-order valence-corrected chi connectivity index (χ1v) is 5.99. The van der Waals surface area contributed by atoms with Crippen LogP contribution < -0.4 is 20.5 Å². The second-order valence-corrected chi connectivity index (χ2v) is 4.12. The molecule has 0 fully saturated rings. The molecule has 0 aliphatic carbocycles. The summed E-state index contributed by atoms with van der Waals surface area (Å²) in [4.78, 5) is 15.6. The summed E-state index contributed by atoms with van der Waals surface area (Å²) in [7, 11) is 2.93. The van der Waals surface area contributed by atoms with Gasteiger partial charge in [-0.2, -0.15) is 4.39 Å². The maximum absolute atomic E-state index is 12.7. The summed E-state index contributed by atoms with van der Waals surface area (Å²) in [5, 5.41) is 2.57. The van der Waals surface area contributed by atoms with Crippen molar-refractivity contribution in [3.8, 4) is 11.5 Å². The highest BCUT2D eigenvalue weighted by Gasteiger charge is 2.15. The highest BCUT2D eigenvalue weighted by Crippen LogP contribution is 2.32. The number of aromatic nitrogens is 1. The van der Waals surface area contributed by atoms with Gasteiger partial charge in [0.15, 0.2) is 11.5 Å². The van der Waals surface area contributed by atoms with Gasteiger partial charge in [-0.1, -0.05) is 0 Å². The summed E-state index contributed by atoms with van der Waals surface area (Å²) < 4.78 is 22.9. The number of nitrogen functional groups attached to an aromatic ring is 1. The predicted molar refractivity (Wildman–Crippen MR) is 76.1 cm³/mol. The van der Waals surface area contributed by atoms with Gasteiger partial charge in [0.1, 0.15) is 0 Å². The zero-order valence-corrected chi connectivity index (χ0v) is 11.5. The number of nitrogens with one attached hydrogen (secondary N) is 1. The summed E-state index contributed by atoms with van der Waals surface area (Å²) in [5.74, 6) is -0.274. The quantitative estimate of drug-likeness (QED) is 0.665. The molecule has 0 aliphatic rings. The van der Waals surface area contributed by atoms with Gasteiger partial charge in [0, 0.05) is 11.8 Å².